The molecule has 0 spiro atoms. The third-order valence-corrected chi connectivity index (χ3v) is 4.49. The molecule has 0 saturated carbocycles. The smallest absolute Gasteiger partial charge is 0.243 e. The Labute approximate surface area is 120 Å². The van der Waals surface area contributed by atoms with E-state index in [-0.39, 0.29) is 11.4 Å². The van der Waals surface area contributed by atoms with Crippen molar-refractivity contribution in [1.29, 1.82) is 0 Å². The van der Waals surface area contributed by atoms with Crippen LogP contribution in [-0.4, -0.2) is 47.0 Å². The van der Waals surface area contributed by atoms with Crippen molar-refractivity contribution >= 4 is 10.0 Å². The van der Waals surface area contributed by atoms with E-state index >= 15 is 0 Å². The lowest BCUT2D eigenvalue weighted by Gasteiger charge is -2.14. The predicted octanol–water partition coefficient (Wildman–Crippen LogP) is 0.775. The van der Waals surface area contributed by atoms with Crippen LogP contribution in [0.2, 0.25) is 0 Å². The zero-order valence-corrected chi connectivity index (χ0v) is 12.9. The first-order valence-corrected chi connectivity index (χ1v) is 8.00. The number of benzene rings is 1. The first kappa shape index (κ1) is 17.0. The van der Waals surface area contributed by atoms with Gasteiger partial charge in [-0.25, -0.2) is 17.5 Å². The highest BCUT2D eigenvalue weighted by Crippen LogP contribution is 2.15. The fourth-order valence-electron chi connectivity index (χ4n) is 1.68. The van der Waals surface area contributed by atoms with Gasteiger partial charge in [0.05, 0.1) is 0 Å². The SMILES string of the molecule is CCN(C)CCNS(=O)(=O)c1ccc(CNC)cc1F. The fourth-order valence-corrected chi connectivity index (χ4v) is 2.76. The first-order valence-electron chi connectivity index (χ1n) is 6.52. The summed E-state index contributed by atoms with van der Waals surface area (Å²) in [5, 5.41) is 2.89. The van der Waals surface area contributed by atoms with Crippen molar-refractivity contribution < 1.29 is 12.8 Å². The summed E-state index contributed by atoms with van der Waals surface area (Å²) in [4.78, 5) is 1.66. The summed E-state index contributed by atoms with van der Waals surface area (Å²) < 4.78 is 40.3. The number of sulfonamides is 1. The van der Waals surface area contributed by atoms with Crippen molar-refractivity contribution in [3.05, 3.63) is 29.6 Å². The normalized spacial score (nSPS) is 12.1. The second kappa shape index (κ2) is 7.68. The van der Waals surface area contributed by atoms with Gasteiger partial charge in [0.15, 0.2) is 0 Å². The van der Waals surface area contributed by atoms with Crippen LogP contribution in [0.1, 0.15) is 12.5 Å². The molecule has 0 atom stereocenters. The molecule has 0 aliphatic carbocycles. The number of hydrogen-bond acceptors (Lipinski definition) is 4. The Balaban J connectivity index is 2.77. The molecule has 2 N–H and O–H groups in total. The van der Waals surface area contributed by atoms with Gasteiger partial charge >= 0.3 is 0 Å². The van der Waals surface area contributed by atoms with E-state index in [0.29, 0.717) is 18.7 Å². The van der Waals surface area contributed by atoms with Gasteiger partial charge in [0, 0.05) is 19.6 Å². The van der Waals surface area contributed by atoms with Crippen molar-refractivity contribution in [2.45, 2.75) is 18.4 Å². The molecule has 114 valence electrons. The summed E-state index contributed by atoms with van der Waals surface area (Å²) in [5.41, 5.74) is 0.703. The molecule has 0 unspecified atom stereocenters. The fraction of sp³-hybridized carbons (Fsp3) is 0.538. The molecule has 1 aromatic carbocycles. The molecule has 0 fully saturated rings. The Bertz CT molecular complexity index is 534. The topological polar surface area (TPSA) is 61.4 Å². The highest BCUT2D eigenvalue weighted by molar-refractivity contribution is 7.89. The number of nitrogens with one attached hydrogen (secondary N) is 2. The van der Waals surface area contributed by atoms with Crippen LogP contribution in [0.25, 0.3) is 0 Å². The van der Waals surface area contributed by atoms with Crippen LogP contribution in [0.15, 0.2) is 23.1 Å². The highest BCUT2D eigenvalue weighted by Gasteiger charge is 2.18. The lowest BCUT2D eigenvalue weighted by Crippen LogP contribution is -2.33. The van der Waals surface area contributed by atoms with Crippen molar-refractivity contribution in [1.82, 2.24) is 14.9 Å². The van der Waals surface area contributed by atoms with Crippen LogP contribution in [-0.2, 0) is 16.6 Å². The molecule has 5 nitrogen and oxygen atoms in total. The lowest BCUT2D eigenvalue weighted by atomic mass is 10.2. The molecule has 1 aromatic rings. The van der Waals surface area contributed by atoms with E-state index in [9.17, 15) is 12.8 Å². The Morgan fingerprint density at radius 2 is 2.05 bits per heavy atom. The Morgan fingerprint density at radius 3 is 2.60 bits per heavy atom. The molecule has 0 aromatic heterocycles. The number of likely N-dealkylation sites (N-methyl/N-ethyl adjacent to an activating group) is 1. The maximum Gasteiger partial charge on any atom is 0.243 e. The van der Waals surface area contributed by atoms with Gasteiger partial charge in [-0.1, -0.05) is 13.0 Å². The molecular weight excluding hydrogens is 281 g/mol. The van der Waals surface area contributed by atoms with Crippen LogP contribution in [0, 0.1) is 5.82 Å². The summed E-state index contributed by atoms with van der Waals surface area (Å²) in [6, 6.07) is 4.14. The lowest BCUT2D eigenvalue weighted by molar-refractivity contribution is 0.357. The van der Waals surface area contributed by atoms with Crippen LogP contribution in [0.5, 0.6) is 0 Å². The van der Waals surface area contributed by atoms with Gasteiger partial charge in [0.2, 0.25) is 10.0 Å². The third kappa shape index (κ3) is 4.82. The summed E-state index contributed by atoms with van der Waals surface area (Å²) in [6.45, 7) is 4.13. The summed E-state index contributed by atoms with van der Waals surface area (Å²) >= 11 is 0. The number of hydrogen-bond donors (Lipinski definition) is 2. The molecule has 1 rings (SSSR count). The molecule has 0 aliphatic rings. The Kier molecular flexibility index (Phi) is 6.54. The number of nitrogens with zero attached hydrogens (tertiary/aromatic N) is 1. The van der Waals surface area contributed by atoms with E-state index in [0.717, 1.165) is 6.54 Å². The zero-order valence-electron chi connectivity index (χ0n) is 12.1. The average molecular weight is 303 g/mol. The van der Waals surface area contributed by atoms with Crippen molar-refractivity contribution in [2.75, 3.05) is 33.7 Å². The second-order valence-corrected chi connectivity index (χ2v) is 6.32. The maximum absolute atomic E-state index is 13.9. The maximum atomic E-state index is 13.9. The van der Waals surface area contributed by atoms with E-state index in [1.807, 2.05) is 18.9 Å². The van der Waals surface area contributed by atoms with Gasteiger partial charge in [-0.2, -0.15) is 0 Å². The van der Waals surface area contributed by atoms with Gasteiger partial charge < -0.3 is 10.2 Å². The molecule has 0 bridgehead atoms. The number of halogens is 1. The minimum absolute atomic E-state index is 0.254. The van der Waals surface area contributed by atoms with Crippen LogP contribution < -0.4 is 10.0 Å². The van der Waals surface area contributed by atoms with Crippen molar-refractivity contribution in [2.24, 2.45) is 0 Å². The van der Waals surface area contributed by atoms with Crippen molar-refractivity contribution in [3.63, 3.8) is 0 Å². The van der Waals surface area contributed by atoms with E-state index < -0.39 is 15.8 Å². The molecule has 7 heteroatoms. The van der Waals surface area contributed by atoms with Crippen LogP contribution >= 0.6 is 0 Å². The van der Waals surface area contributed by atoms with Gasteiger partial charge in [0.25, 0.3) is 0 Å². The average Bonchev–Trinajstić information content (AvgIpc) is 2.38. The third-order valence-electron chi connectivity index (χ3n) is 2.99. The van der Waals surface area contributed by atoms with Crippen LogP contribution in [0.3, 0.4) is 0 Å². The highest BCUT2D eigenvalue weighted by atomic mass is 32.2. The van der Waals surface area contributed by atoms with Crippen molar-refractivity contribution in [3.8, 4) is 0 Å². The summed E-state index contributed by atoms with van der Waals surface area (Å²) in [6.07, 6.45) is 0. The summed E-state index contributed by atoms with van der Waals surface area (Å²) in [7, 11) is -0.164. The van der Waals surface area contributed by atoms with Gasteiger partial charge in [0.1, 0.15) is 10.7 Å². The second-order valence-electron chi connectivity index (χ2n) is 4.59. The minimum atomic E-state index is -3.80. The van der Waals surface area contributed by atoms with E-state index in [1.54, 1.807) is 13.1 Å². The minimum Gasteiger partial charge on any atom is -0.316 e. The van der Waals surface area contributed by atoms with Gasteiger partial charge in [-0.15, -0.1) is 0 Å². The van der Waals surface area contributed by atoms with Gasteiger partial charge in [-0.05, 0) is 38.3 Å². The zero-order chi connectivity index (χ0) is 15.2. The molecule has 0 aliphatic heterocycles. The van der Waals surface area contributed by atoms with E-state index in [4.69, 9.17) is 0 Å². The quantitative estimate of drug-likeness (QED) is 0.745. The molecule has 0 saturated heterocycles. The molecule has 0 amide bonds. The summed E-state index contributed by atoms with van der Waals surface area (Å²) in [5.74, 6) is -0.728. The van der Waals surface area contributed by atoms with E-state index in [1.165, 1.54) is 12.1 Å². The molecule has 0 radical (unpaired) electrons. The van der Waals surface area contributed by atoms with Crippen LogP contribution in [0.4, 0.5) is 4.39 Å². The monoisotopic (exact) mass is 303 g/mol. The Morgan fingerprint density at radius 1 is 1.35 bits per heavy atom. The Hall–Kier alpha value is -1.02. The largest absolute Gasteiger partial charge is 0.316 e. The predicted molar refractivity (Wildman–Crippen MR) is 77.5 cm³/mol. The van der Waals surface area contributed by atoms with E-state index in [2.05, 4.69) is 10.0 Å². The number of rotatable bonds is 8. The van der Waals surface area contributed by atoms with Gasteiger partial charge in [-0.3, -0.25) is 0 Å². The molecule has 0 heterocycles. The standard InChI is InChI=1S/C13H22FN3O2S/c1-4-17(3)8-7-16-20(18,19)13-6-5-11(10-15-2)9-12(13)14/h5-6,9,15-16H,4,7-8,10H2,1-3H3. The first-order chi connectivity index (χ1) is 9.40. The molecule has 20 heavy (non-hydrogen) atoms. The molecular formula is C13H22FN3O2S.